The molecule has 3 N–H and O–H groups in total. The number of rotatable bonds is 11. The number of methoxy groups -OCH3 is 1. The molecule has 0 aliphatic heterocycles. The Balaban J connectivity index is 1.31. The maximum Gasteiger partial charge on any atom is 0.407 e. The van der Waals surface area contributed by atoms with E-state index < -0.39 is 35.0 Å². The van der Waals surface area contributed by atoms with Crippen LogP contribution in [0.2, 0.25) is 0 Å². The highest BCUT2D eigenvalue weighted by molar-refractivity contribution is 5.90. The van der Waals surface area contributed by atoms with Gasteiger partial charge in [-0.05, 0) is 45.5 Å². The third-order valence-corrected chi connectivity index (χ3v) is 7.72. The lowest BCUT2D eigenvalue weighted by Gasteiger charge is -2.23. The van der Waals surface area contributed by atoms with Gasteiger partial charge in [-0.25, -0.2) is 9.59 Å². The number of hydrogen-bond donors (Lipinski definition) is 3. The van der Waals surface area contributed by atoms with Crippen molar-refractivity contribution in [3.05, 3.63) is 129 Å². The number of benzene rings is 4. The van der Waals surface area contributed by atoms with Gasteiger partial charge in [0.15, 0.2) is 0 Å². The summed E-state index contributed by atoms with van der Waals surface area (Å²) in [7, 11) is 1.18. The lowest BCUT2D eigenvalue weighted by molar-refractivity contribution is -0.384. The molecule has 2 atom stereocenters. The minimum atomic E-state index is -1.16. The van der Waals surface area contributed by atoms with Crippen molar-refractivity contribution in [3.8, 4) is 16.9 Å². The summed E-state index contributed by atoms with van der Waals surface area (Å²) < 4.78 is 10.6. The summed E-state index contributed by atoms with van der Waals surface area (Å²) in [4.78, 5) is 49.8. The minimum absolute atomic E-state index is 0.00667. The normalized spacial score (nSPS) is 13.1. The van der Waals surface area contributed by atoms with Crippen molar-refractivity contribution in [1.29, 1.82) is 0 Å². The topological polar surface area (TPSA) is 157 Å². The standard InChI is InChI=1S/C34H31N3O8/c1-44-33(40)31(19-21-10-14-23(15-11-21)37(42)43)35-32(39)30(18-22-12-16-24(38)17-13-22)36-34(41)45-20-29-27-8-4-2-6-25(27)26-7-3-5-9-28(26)29/h2-17,29-31,38H,18-20H2,1H3,(H,35,39)(H,36,41)/t30-,31-/m0/s1. The number of aromatic hydroxyl groups is 1. The summed E-state index contributed by atoms with van der Waals surface area (Å²) in [5, 5.41) is 26.0. The molecule has 0 saturated carbocycles. The first-order chi connectivity index (χ1) is 21.7. The second kappa shape index (κ2) is 13.7. The molecule has 0 fully saturated rings. The van der Waals surface area contributed by atoms with Crippen LogP contribution in [0.25, 0.3) is 11.1 Å². The van der Waals surface area contributed by atoms with Gasteiger partial charge in [0.25, 0.3) is 5.69 Å². The molecule has 2 amide bonds. The van der Waals surface area contributed by atoms with E-state index in [2.05, 4.69) is 10.6 Å². The maximum atomic E-state index is 13.6. The van der Waals surface area contributed by atoms with Crippen LogP contribution in [0.1, 0.15) is 28.2 Å². The first-order valence-electron chi connectivity index (χ1n) is 14.2. The number of fused-ring (bicyclic) bond motifs is 3. The van der Waals surface area contributed by atoms with E-state index in [0.717, 1.165) is 22.3 Å². The average molecular weight is 610 g/mol. The number of nitrogens with one attached hydrogen (secondary N) is 2. The lowest BCUT2D eigenvalue weighted by Crippen LogP contribution is -2.53. The molecule has 230 valence electrons. The summed E-state index contributed by atoms with van der Waals surface area (Å²) in [6.45, 7) is 0.0400. The Labute approximate surface area is 259 Å². The van der Waals surface area contributed by atoms with Crippen molar-refractivity contribution in [3.63, 3.8) is 0 Å². The van der Waals surface area contributed by atoms with E-state index in [1.54, 1.807) is 12.1 Å². The first-order valence-corrected chi connectivity index (χ1v) is 14.2. The van der Waals surface area contributed by atoms with Crippen LogP contribution in [0.5, 0.6) is 5.75 Å². The Bertz CT molecular complexity index is 1660. The molecule has 0 unspecified atom stereocenters. The number of phenolic OH excluding ortho intramolecular Hbond substituents is 1. The quantitative estimate of drug-likeness (QED) is 0.126. The van der Waals surface area contributed by atoms with Crippen molar-refractivity contribution in [2.24, 2.45) is 0 Å². The number of phenols is 1. The molecule has 1 aliphatic carbocycles. The third-order valence-electron chi connectivity index (χ3n) is 7.72. The Morgan fingerprint density at radius 2 is 1.33 bits per heavy atom. The van der Waals surface area contributed by atoms with Crippen LogP contribution in [0.4, 0.5) is 10.5 Å². The molecule has 4 aromatic rings. The number of nitro benzene ring substituents is 1. The Morgan fingerprint density at radius 3 is 1.89 bits per heavy atom. The summed E-state index contributed by atoms with van der Waals surface area (Å²) in [5.41, 5.74) is 5.31. The van der Waals surface area contributed by atoms with Crippen molar-refractivity contribution >= 4 is 23.7 Å². The molecule has 0 aromatic heterocycles. The molecule has 0 bridgehead atoms. The molecule has 0 heterocycles. The average Bonchev–Trinajstić information content (AvgIpc) is 3.37. The van der Waals surface area contributed by atoms with E-state index in [9.17, 15) is 29.6 Å². The molecular weight excluding hydrogens is 578 g/mol. The zero-order chi connectivity index (χ0) is 31.9. The number of ether oxygens (including phenoxy) is 2. The van der Waals surface area contributed by atoms with Crippen LogP contribution in [-0.4, -0.2) is 53.8 Å². The minimum Gasteiger partial charge on any atom is -0.508 e. The Kier molecular flexibility index (Phi) is 9.37. The lowest BCUT2D eigenvalue weighted by atomic mass is 9.98. The zero-order valence-corrected chi connectivity index (χ0v) is 24.3. The zero-order valence-electron chi connectivity index (χ0n) is 24.3. The van der Waals surface area contributed by atoms with Gasteiger partial charge >= 0.3 is 12.1 Å². The SMILES string of the molecule is COC(=O)[C@H](Cc1ccc([N+](=O)[O-])cc1)NC(=O)[C@H](Cc1ccc(O)cc1)NC(=O)OCC1c2ccccc2-c2ccccc21. The number of esters is 1. The largest absolute Gasteiger partial charge is 0.508 e. The van der Waals surface area contributed by atoms with Gasteiger partial charge in [0.2, 0.25) is 5.91 Å². The predicted molar refractivity (Wildman–Crippen MR) is 165 cm³/mol. The van der Waals surface area contributed by atoms with Crippen molar-refractivity contribution in [1.82, 2.24) is 10.6 Å². The molecule has 1 aliphatic rings. The smallest absolute Gasteiger partial charge is 0.407 e. The molecule has 5 rings (SSSR count). The Hall–Kier alpha value is -5.71. The summed E-state index contributed by atoms with van der Waals surface area (Å²) >= 11 is 0. The van der Waals surface area contributed by atoms with E-state index in [0.29, 0.717) is 11.1 Å². The van der Waals surface area contributed by atoms with Gasteiger partial charge in [-0.3, -0.25) is 14.9 Å². The highest BCUT2D eigenvalue weighted by atomic mass is 16.6. The highest BCUT2D eigenvalue weighted by Gasteiger charge is 2.31. The molecule has 45 heavy (non-hydrogen) atoms. The van der Waals surface area contributed by atoms with Gasteiger partial charge in [0.05, 0.1) is 12.0 Å². The molecule has 0 spiro atoms. The molecular formula is C34H31N3O8. The van der Waals surface area contributed by atoms with E-state index in [-0.39, 0.29) is 36.8 Å². The summed E-state index contributed by atoms with van der Waals surface area (Å²) in [5.74, 6) is -1.55. The number of carbonyl (C=O) groups excluding carboxylic acids is 3. The van der Waals surface area contributed by atoms with Gasteiger partial charge in [-0.15, -0.1) is 0 Å². The monoisotopic (exact) mass is 609 g/mol. The number of nitro groups is 1. The fourth-order valence-electron chi connectivity index (χ4n) is 5.46. The van der Waals surface area contributed by atoms with Crippen LogP contribution in [0.15, 0.2) is 97.1 Å². The molecule has 11 nitrogen and oxygen atoms in total. The predicted octanol–water partition coefficient (Wildman–Crippen LogP) is 4.65. The Morgan fingerprint density at radius 1 is 0.800 bits per heavy atom. The van der Waals surface area contributed by atoms with Crippen molar-refractivity contribution in [2.45, 2.75) is 30.8 Å². The van der Waals surface area contributed by atoms with E-state index in [4.69, 9.17) is 9.47 Å². The van der Waals surface area contributed by atoms with Crippen LogP contribution >= 0.6 is 0 Å². The van der Waals surface area contributed by atoms with Crippen molar-refractivity contribution < 1.29 is 33.9 Å². The number of non-ortho nitro benzene ring substituents is 1. The van der Waals surface area contributed by atoms with E-state index in [1.165, 1.54) is 43.5 Å². The van der Waals surface area contributed by atoms with Gasteiger partial charge in [0.1, 0.15) is 24.4 Å². The fraction of sp³-hybridized carbons (Fsp3) is 0.206. The number of amides is 2. The molecule has 4 aromatic carbocycles. The summed E-state index contributed by atoms with van der Waals surface area (Å²) in [6.07, 6.45) is -0.796. The highest BCUT2D eigenvalue weighted by Crippen LogP contribution is 2.44. The maximum absolute atomic E-state index is 13.6. The van der Waals surface area contributed by atoms with Gasteiger partial charge < -0.3 is 25.2 Å². The molecule has 0 radical (unpaired) electrons. The van der Waals surface area contributed by atoms with Gasteiger partial charge in [-0.2, -0.15) is 0 Å². The number of carbonyl (C=O) groups is 3. The molecule has 0 saturated heterocycles. The van der Waals surface area contributed by atoms with E-state index in [1.807, 2.05) is 48.5 Å². The fourth-order valence-corrected chi connectivity index (χ4v) is 5.46. The van der Waals surface area contributed by atoms with Crippen molar-refractivity contribution in [2.75, 3.05) is 13.7 Å². The molecule has 11 heteroatoms. The number of alkyl carbamates (subject to hydrolysis) is 1. The van der Waals surface area contributed by atoms with Gasteiger partial charge in [0, 0.05) is 30.9 Å². The van der Waals surface area contributed by atoms with Crippen LogP contribution in [0, 0.1) is 10.1 Å². The van der Waals surface area contributed by atoms with Gasteiger partial charge in [-0.1, -0.05) is 72.8 Å². The summed E-state index contributed by atoms with van der Waals surface area (Å²) in [6, 6.07) is 25.3. The first kappa shape index (κ1) is 30.7. The van der Waals surface area contributed by atoms with Crippen LogP contribution < -0.4 is 10.6 Å². The second-order valence-electron chi connectivity index (χ2n) is 10.6. The van der Waals surface area contributed by atoms with Crippen LogP contribution in [0.3, 0.4) is 0 Å². The van der Waals surface area contributed by atoms with E-state index >= 15 is 0 Å². The number of nitrogens with zero attached hydrogens (tertiary/aromatic N) is 1. The number of hydrogen-bond acceptors (Lipinski definition) is 8. The third kappa shape index (κ3) is 7.27. The second-order valence-corrected chi connectivity index (χ2v) is 10.6. The van der Waals surface area contributed by atoms with Crippen LogP contribution in [-0.2, 0) is 31.9 Å².